The van der Waals surface area contributed by atoms with Gasteiger partial charge >= 0.3 is 0 Å². The number of rotatable bonds is 2. The van der Waals surface area contributed by atoms with Gasteiger partial charge in [-0.15, -0.1) is 0 Å². The molecule has 0 atom stereocenters. The fraction of sp³-hybridized carbons (Fsp3) is 0. The Hall–Kier alpha value is -1.75. The van der Waals surface area contributed by atoms with Crippen LogP contribution in [0.4, 0.5) is 4.39 Å². The van der Waals surface area contributed by atoms with Gasteiger partial charge < -0.3 is 4.98 Å². The number of H-pyrrole nitrogens is 1. The predicted octanol–water partition coefficient (Wildman–Crippen LogP) is 2.84. The van der Waals surface area contributed by atoms with Crippen molar-refractivity contribution in [1.29, 1.82) is 0 Å². The van der Waals surface area contributed by atoms with Crippen molar-refractivity contribution < 1.29 is 4.39 Å². The highest BCUT2D eigenvalue weighted by molar-refractivity contribution is 9.10. The minimum absolute atomic E-state index is 0.243. The quantitative estimate of drug-likeness (QED) is 0.926. The molecule has 0 saturated carbocycles. The molecule has 5 heteroatoms. The van der Waals surface area contributed by atoms with Crippen molar-refractivity contribution in [3.8, 4) is 0 Å². The van der Waals surface area contributed by atoms with Gasteiger partial charge in [-0.2, -0.15) is 0 Å². The molecule has 1 aromatic heterocycles. The number of nitrogens with zero attached hydrogens (tertiary/aromatic N) is 1. The lowest BCUT2D eigenvalue weighted by Gasteiger charge is -1.99. The lowest BCUT2D eigenvalue weighted by atomic mass is 10.2. The summed E-state index contributed by atoms with van der Waals surface area (Å²) < 4.78 is 14.1. The summed E-state index contributed by atoms with van der Waals surface area (Å²) in [6.07, 6.45) is 4.50. The molecule has 2 aromatic rings. The van der Waals surface area contributed by atoms with Gasteiger partial charge in [0.05, 0.1) is 0 Å². The van der Waals surface area contributed by atoms with Gasteiger partial charge in [0.1, 0.15) is 11.6 Å². The first-order chi connectivity index (χ1) is 8.16. The second-order valence-corrected chi connectivity index (χ2v) is 4.14. The molecule has 2 rings (SSSR count). The van der Waals surface area contributed by atoms with Gasteiger partial charge in [0.25, 0.3) is 5.56 Å². The zero-order chi connectivity index (χ0) is 12.3. The van der Waals surface area contributed by atoms with Crippen LogP contribution >= 0.6 is 15.9 Å². The highest BCUT2D eigenvalue weighted by atomic mass is 79.9. The number of aromatic nitrogens is 2. The topological polar surface area (TPSA) is 45.8 Å². The van der Waals surface area contributed by atoms with Crippen molar-refractivity contribution in [2.24, 2.45) is 0 Å². The van der Waals surface area contributed by atoms with E-state index in [0.717, 1.165) is 0 Å². The van der Waals surface area contributed by atoms with Crippen molar-refractivity contribution in [3.05, 3.63) is 62.5 Å². The molecule has 0 aliphatic heterocycles. The van der Waals surface area contributed by atoms with Crippen LogP contribution in [-0.2, 0) is 0 Å². The fourth-order valence-corrected chi connectivity index (χ4v) is 1.78. The van der Waals surface area contributed by atoms with Gasteiger partial charge in [0, 0.05) is 22.3 Å². The summed E-state index contributed by atoms with van der Waals surface area (Å²) >= 11 is 3.25. The number of hydrogen-bond donors (Lipinski definition) is 1. The third-order valence-corrected chi connectivity index (χ3v) is 2.79. The second kappa shape index (κ2) is 5.05. The first-order valence-electron chi connectivity index (χ1n) is 4.84. The fourth-order valence-electron chi connectivity index (χ4n) is 1.30. The number of halogens is 2. The first kappa shape index (κ1) is 11.7. The number of benzene rings is 1. The maximum atomic E-state index is 13.5. The van der Waals surface area contributed by atoms with Gasteiger partial charge in [-0.1, -0.05) is 22.0 Å². The Kier molecular flexibility index (Phi) is 3.49. The van der Waals surface area contributed by atoms with Crippen LogP contribution in [0.1, 0.15) is 11.4 Å². The van der Waals surface area contributed by atoms with Gasteiger partial charge in [0.2, 0.25) is 0 Å². The molecule has 3 nitrogen and oxygen atoms in total. The maximum Gasteiger partial charge on any atom is 0.251 e. The van der Waals surface area contributed by atoms with E-state index in [-0.39, 0.29) is 11.4 Å². The van der Waals surface area contributed by atoms with Crippen LogP contribution in [0.25, 0.3) is 12.2 Å². The van der Waals surface area contributed by atoms with Crippen LogP contribution < -0.4 is 5.56 Å². The highest BCUT2D eigenvalue weighted by Crippen LogP contribution is 2.21. The molecule has 1 aromatic carbocycles. The Balaban J connectivity index is 2.35. The molecule has 0 unspecified atom stereocenters. The van der Waals surface area contributed by atoms with Crippen molar-refractivity contribution in [2.75, 3.05) is 0 Å². The average molecular weight is 295 g/mol. The number of nitrogens with one attached hydrogen (secondary N) is 1. The predicted molar refractivity (Wildman–Crippen MR) is 67.9 cm³/mol. The van der Waals surface area contributed by atoms with E-state index in [9.17, 15) is 9.18 Å². The zero-order valence-corrected chi connectivity index (χ0v) is 10.2. The van der Waals surface area contributed by atoms with Gasteiger partial charge in [-0.25, -0.2) is 9.37 Å². The van der Waals surface area contributed by atoms with Crippen LogP contribution in [0.3, 0.4) is 0 Å². The molecular weight excluding hydrogens is 287 g/mol. The Labute approximate surface area is 105 Å². The number of aromatic amines is 1. The van der Waals surface area contributed by atoms with E-state index in [0.29, 0.717) is 15.9 Å². The standard InChI is InChI=1S/C12H8BrFN2O/c13-9-2-1-3-10(14)8(9)4-5-11-15-7-6-12(17)16-11/h1-7H,(H,15,16,17). The Morgan fingerprint density at radius 1 is 1.29 bits per heavy atom. The third-order valence-electron chi connectivity index (χ3n) is 2.10. The summed E-state index contributed by atoms with van der Waals surface area (Å²) in [7, 11) is 0. The normalized spacial score (nSPS) is 10.9. The lowest BCUT2D eigenvalue weighted by Crippen LogP contribution is -2.05. The molecule has 0 radical (unpaired) electrons. The van der Waals surface area contributed by atoms with Crippen LogP contribution in [0.2, 0.25) is 0 Å². The second-order valence-electron chi connectivity index (χ2n) is 3.29. The van der Waals surface area contributed by atoms with Gasteiger partial charge in [-0.05, 0) is 24.3 Å². The molecular formula is C12H8BrFN2O. The summed E-state index contributed by atoms with van der Waals surface area (Å²) in [6.45, 7) is 0. The molecule has 1 N–H and O–H groups in total. The van der Waals surface area contributed by atoms with Crippen molar-refractivity contribution >= 4 is 28.1 Å². The first-order valence-corrected chi connectivity index (χ1v) is 5.63. The third kappa shape index (κ3) is 2.88. The summed E-state index contributed by atoms with van der Waals surface area (Å²) in [5.74, 6) is 0.0431. The van der Waals surface area contributed by atoms with Gasteiger partial charge in [0.15, 0.2) is 0 Å². The summed E-state index contributed by atoms with van der Waals surface area (Å²) in [6, 6.07) is 6.03. The van der Waals surface area contributed by atoms with Crippen LogP contribution in [-0.4, -0.2) is 9.97 Å². The Morgan fingerprint density at radius 2 is 2.12 bits per heavy atom. The minimum atomic E-state index is -0.339. The van der Waals surface area contributed by atoms with E-state index in [4.69, 9.17) is 0 Å². The molecule has 0 aliphatic rings. The molecule has 0 fully saturated rings. The summed E-state index contributed by atoms with van der Waals surface area (Å²) in [5, 5.41) is 0. The largest absolute Gasteiger partial charge is 0.307 e. The molecule has 0 bridgehead atoms. The minimum Gasteiger partial charge on any atom is -0.307 e. The Bertz CT molecular complexity index is 602. The monoisotopic (exact) mass is 294 g/mol. The smallest absolute Gasteiger partial charge is 0.251 e. The molecule has 0 aliphatic carbocycles. The van der Waals surface area contributed by atoms with Crippen LogP contribution in [0, 0.1) is 5.82 Å². The van der Waals surface area contributed by atoms with E-state index in [1.807, 2.05) is 0 Å². The van der Waals surface area contributed by atoms with E-state index in [1.165, 1.54) is 18.3 Å². The molecule has 1 heterocycles. The lowest BCUT2D eigenvalue weighted by molar-refractivity contribution is 0.624. The summed E-state index contributed by atoms with van der Waals surface area (Å²) in [4.78, 5) is 17.5. The molecule has 0 saturated heterocycles. The van der Waals surface area contributed by atoms with E-state index in [1.54, 1.807) is 24.3 Å². The van der Waals surface area contributed by atoms with Gasteiger partial charge in [-0.3, -0.25) is 4.79 Å². The molecule has 86 valence electrons. The van der Waals surface area contributed by atoms with E-state index >= 15 is 0 Å². The van der Waals surface area contributed by atoms with Crippen molar-refractivity contribution in [3.63, 3.8) is 0 Å². The molecule has 0 amide bonds. The maximum absolute atomic E-state index is 13.5. The zero-order valence-electron chi connectivity index (χ0n) is 8.65. The SMILES string of the molecule is O=c1ccnc(C=Cc2c(F)cccc2Br)[nH]1. The summed E-state index contributed by atoms with van der Waals surface area (Å²) in [5.41, 5.74) is 0.172. The van der Waals surface area contributed by atoms with E-state index < -0.39 is 0 Å². The van der Waals surface area contributed by atoms with Crippen LogP contribution in [0.15, 0.2) is 39.7 Å². The molecule has 17 heavy (non-hydrogen) atoms. The van der Waals surface area contributed by atoms with Crippen molar-refractivity contribution in [1.82, 2.24) is 9.97 Å². The Morgan fingerprint density at radius 3 is 2.82 bits per heavy atom. The molecule has 0 spiro atoms. The average Bonchev–Trinajstić information content (AvgIpc) is 2.28. The van der Waals surface area contributed by atoms with E-state index in [2.05, 4.69) is 25.9 Å². The highest BCUT2D eigenvalue weighted by Gasteiger charge is 2.02. The number of hydrogen-bond acceptors (Lipinski definition) is 2. The van der Waals surface area contributed by atoms with Crippen LogP contribution in [0.5, 0.6) is 0 Å². The van der Waals surface area contributed by atoms with Crippen molar-refractivity contribution in [2.45, 2.75) is 0 Å².